The molecule has 0 saturated carbocycles. The highest BCUT2D eigenvalue weighted by Gasteiger charge is 2.08. The summed E-state index contributed by atoms with van der Waals surface area (Å²) in [5, 5.41) is 0. The van der Waals surface area contributed by atoms with Gasteiger partial charge in [0.05, 0.1) is 11.9 Å². The van der Waals surface area contributed by atoms with Gasteiger partial charge in [-0.05, 0) is 39.1 Å². The molecule has 17 heavy (non-hydrogen) atoms. The summed E-state index contributed by atoms with van der Waals surface area (Å²) in [5.41, 5.74) is 7.85. The Bertz CT molecular complexity index is 349. The molecule has 96 valence electrons. The molecule has 0 aromatic carbocycles. The minimum atomic E-state index is 0.792. The molecule has 1 aromatic heterocycles. The van der Waals surface area contributed by atoms with Crippen molar-refractivity contribution in [2.75, 3.05) is 44.4 Å². The largest absolute Gasteiger partial charge is 0.397 e. The molecule has 0 unspecified atom stereocenters. The third-order valence-corrected chi connectivity index (χ3v) is 2.91. The predicted octanol–water partition coefficient (Wildman–Crippen LogP) is 1.61. The molecule has 0 radical (unpaired) electrons. The molecule has 4 nitrogen and oxygen atoms in total. The van der Waals surface area contributed by atoms with Crippen LogP contribution in [-0.4, -0.2) is 43.6 Å². The number of rotatable bonds is 6. The number of nitrogens with zero attached hydrogens (tertiary/aromatic N) is 3. The summed E-state index contributed by atoms with van der Waals surface area (Å²) in [6.45, 7) is 7.25. The Hall–Kier alpha value is -1.29. The fourth-order valence-corrected chi connectivity index (χ4v) is 1.73. The molecule has 2 N–H and O–H groups in total. The maximum atomic E-state index is 5.87. The van der Waals surface area contributed by atoms with Gasteiger partial charge in [-0.3, -0.25) is 0 Å². The summed E-state index contributed by atoms with van der Waals surface area (Å²) < 4.78 is 0. The molecule has 0 amide bonds. The van der Waals surface area contributed by atoms with E-state index in [0.29, 0.717) is 0 Å². The van der Waals surface area contributed by atoms with Crippen LogP contribution in [0.5, 0.6) is 0 Å². The van der Waals surface area contributed by atoms with Crippen LogP contribution in [0.3, 0.4) is 0 Å². The number of hydrogen-bond acceptors (Lipinski definition) is 4. The maximum absolute atomic E-state index is 5.87. The van der Waals surface area contributed by atoms with Crippen LogP contribution in [-0.2, 0) is 6.42 Å². The van der Waals surface area contributed by atoms with E-state index < -0.39 is 0 Å². The van der Waals surface area contributed by atoms with Crippen LogP contribution >= 0.6 is 0 Å². The topological polar surface area (TPSA) is 45.4 Å². The second kappa shape index (κ2) is 6.45. The number of aryl methyl sites for hydroxylation is 1. The fourth-order valence-electron chi connectivity index (χ4n) is 1.73. The highest BCUT2D eigenvalue weighted by atomic mass is 15.2. The van der Waals surface area contributed by atoms with Crippen LogP contribution in [0.1, 0.15) is 19.4 Å². The Kier molecular flexibility index (Phi) is 5.22. The third kappa shape index (κ3) is 3.89. The average molecular weight is 236 g/mol. The third-order valence-electron chi connectivity index (χ3n) is 2.91. The van der Waals surface area contributed by atoms with Crippen LogP contribution in [0.4, 0.5) is 11.5 Å². The number of pyridine rings is 1. The van der Waals surface area contributed by atoms with Crippen molar-refractivity contribution < 1.29 is 0 Å². The van der Waals surface area contributed by atoms with Crippen LogP contribution < -0.4 is 10.6 Å². The summed E-state index contributed by atoms with van der Waals surface area (Å²) in [7, 11) is 4.17. The van der Waals surface area contributed by atoms with E-state index in [9.17, 15) is 0 Å². The van der Waals surface area contributed by atoms with Crippen molar-refractivity contribution in [2.45, 2.75) is 20.3 Å². The van der Waals surface area contributed by atoms with Gasteiger partial charge in [-0.2, -0.15) is 0 Å². The highest BCUT2D eigenvalue weighted by molar-refractivity contribution is 5.52. The van der Waals surface area contributed by atoms with Crippen molar-refractivity contribution in [3.8, 4) is 0 Å². The summed E-state index contributed by atoms with van der Waals surface area (Å²) in [4.78, 5) is 8.88. The molecule has 0 spiro atoms. The normalized spacial score (nSPS) is 10.9. The Morgan fingerprint density at radius 1 is 1.24 bits per heavy atom. The van der Waals surface area contributed by atoms with Crippen LogP contribution in [0.25, 0.3) is 0 Å². The van der Waals surface area contributed by atoms with Crippen molar-refractivity contribution in [1.82, 2.24) is 9.88 Å². The molecule has 0 aliphatic rings. The lowest BCUT2D eigenvalue weighted by molar-refractivity contribution is 0.413. The van der Waals surface area contributed by atoms with Crippen molar-refractivity contribution in [1.29, 1.82) is 0 Å². The van der Waals surface area contributed by atoms with Gasteiger partial charge >= 0.3 is 0 Å². The van der Waals surface area contributed by atoms with E-state index in [-0.39, 0.29) is 0 Å². The van der Waals surface area contributed by atoms with E-state index >= 15 is 0 Å². The van der Waals surface area contributed by atoms with E-state index in [0.717, 1.165) is 37.6 Å². The van der Waals surface area contributed by atoms with E-state index in [2.05, 4.69) is 48.8 Å². The van der Waals surface area contributed by atoms with Gasteiger partial charge in [0.2, 0.25) is 0 Å². The van der Waals surface area contributed by atoms with Crippen molar-refractivity contribution in [2.24, 2.45) is 0 Å². The smallest absolute Gasteiger partial charge is 0.128 e. The van der Waals surface area contributed by atoms with E-state index in [4.69, 9.17) is 5.73 Å². The van der Waals surface area contributed by atoms with Gasteiger partial charge in [0.25, 0.3) is 0 Å². The Morgan fingerprint density at radius 3 is 2.47 bits per heavy atom. The van der Waals surface area contributed by atoms with Gasteiger partial charge in [0.1, 0.15) is 5.82 Å². The first-order valence-electron chi connectivity index (χ1n) is 6.22. The zero-order chi connectivity index (χ0) is 12.8. The summed E-state index contributed by atoms with van der Waals surface area (Å²) in [6, 6.07) is 2.11. The summed E-state index contributed by atoms with van der Waals surface area (Å²) in [6.07, 6.45) is 2.72. The lowest BCUT2D eigenvalue weighted by Crippen LogP contribution is -2.32. The average Bonchev–Trinajstić information content (AvgIpc) is 2.31. The van der Waals surface area contributed by atoms with Gasteiger partial charge in [-0.1, -0.05) is 6.92 Å². The monoisotopic (exact) mass is 236 g/mol. The molecule has 0 fully saturated rings. The van der Waals surface area contributed by atoms with Crippen molar-refractivity contribution in [3.05, 3.63) is 17.8 Å². The molecule has 1 aromatic rings. The summed E-state index contributed by atoms with van der Waals surface area (Å²) in [5.74, 6) is 1.03. The van der Waals surface area contributed by atoms with Crippen molar-refractivity contribution in [3.63, 3.8) is 0 Å². The molecular formula is C13H24N4. The first-order chi connectivity index (χ1) is 8.08. The number of nitrogen functional groups attached to an aromatic ring is 1. The van der Waals surface area contributed by atoms with Crippen LogP contribution in [0, 0.1) is 0 Å². The fraction of sp³-hybridized carbons (Fsp3) is 0.615. The quantitative estimate of drug-likeness (QED) is 0.815. The molecule has 0 bridgehead atoms. The molecule has 1 heterocycles. The molecule has 0 saturated heterocycles. The van der Waals surface area contributed by atoms with E-state index in [1.54, 1.807) is 6.20 Å². The number of anilines is 2. The maximum Gasteiger partial charge on any atom is 0.128 e. The first kappa shape index (κ1) is 13.8. The van der Waals surface area contributed by atoms with Gasteiger partial charge in [-0.25, -0.2) is 4.98 Å². The van der Waals surface area contributed by atoms with E-state index in [1.165, 1.54) is 5.56 Å². The highest BCUT2D eigenvalue weighted by Crippen LogP contribution is 2.18. The molecule has 0 aliphatic carbocycles. The van der Waals surface area contributed by atoms with Gasteiger partial charge < -0.3 is 15.5 Å². The zero-order valence-corrected chi connectivity index (χ0v) is 11.4. The molecule has 0 aliphatic heterocycles. The molecular weight excluding hydrogens is 212 g/mol. The van der Waals surface area contributed by atoms with Crippen molar-refractivity contribution >= 4 is 11.5 Å². The standard InChI is InChI=1S/C13H24N4/c1-5-11-9-13(15-10-12(11)14)17(6-2)8-7-16(3)4/h9-10H,5-8,14H2,1-4H3. The van der Waals surface area contributed by atoms with Gasteiger partial charge in [0.15, 0.2) is 0 Å². The second-order valence-corrected chi connectivity index (χ2v) is 4.48. The second-order valence-electron chi connectivity index (χ2n) is 4.48. The number of nitrogens with two attached hydrogens (primary N) is 1. The molecule has 1 rings (SSSR count). The molecule has 4 heteroatoms. The Balaban J connectivity index is 2.80. The SMILES string of the molecule is CCc1cc(N(CC)CCN(C)C)ncc1N. The predicted molar refractivity (Wildman–Crippen MR) is 74.5 cm³/mol. The number of aromatic nitrogens is 1. The van der Waals surface area contributed by atoms with Gasteiger partial charge in [0, 0.05) is 19.6 Å². The minimum Gasteiger partial charge on any atom is -0.397 e. The Labute approximate surface area is 104 Å². The summed E-state index contributed by atoms with van der Waals surface area (Å²) >= 11 is 0. The lowest BCUT2D eigenvalue weighted by Gasteiger charge is -2.24. The van der Waals surface area contributed by atoms with Crippen LogP contribution in [0.15, 0.2) is 12.3 Å². The van der Waals surface area contributed by atoms with Gasteiger partial charge in [-0.15, -0.1) is 0 Å². The lowest BCUT2D eigenvalue weighted by atomic mass is 10.1. The van der Waals surface area contributed by atoms with Crippen LogP contribution in [0.2, 0.25) is 0 Å². The van der Waals surface area contributed by atoms with E-state index in [1.807, 2.05) is 0 Å². The number of likely N-dealkylation sites (N-methyl/N-ethyl adjacent to an activating group) is 2. The zero-order valence-electron chi connectivity index (χ0n) is 11.4. The Morgan fingerprint density at radius 2 is 1.94 bits per heavy atom. The number of hydrogen-bond donors (Lipinski definition) is 1. The minimum absolute atomic E-state index is 0.792. The molecule has 0 atom stereocenters. The first-order valence-corrected chi connectivity index (χ1v) is 6.22.